The Morgan fingerprint density at radius 1 is 1.50 bits per heavy atom. The van der Waals surface area contributed by atoms with Gasteiger partial charge in [0.25, 0.3) is 0 Å². The van der Waals surface area contributed by atoms with Crippen LogP contribution in [0, 0.1) is 11.8 Å². The Kier molecular flexibility index (Phi) is 4.28. The summed E-state index contributed by atoms with van der Waals surface area (Å²) in [5, 5.41) is 3.47. The highest BCUT2D eigenvalue weighted by molar-refractivity contribution is 7.16. The van der Waals surface area contributed by atoms with Crippen LogP contribution in [0.3, 0.4) is 0 Å². The highest BCUT2D eigenvalue weighted by Crippen LogP contribution is 2.42. The van der Waals surface area contributed by atoms with E-state index in [1.807, 2.05) is 6.07 Å². The molecule has 1 N–H and O–H groups in total. The summed E-state index contributed by atoms with van der Waals surface area (Å²) in [6, 6.07) is 4.69. The maximum atomic E-state index is 6.01. The fraction of sp³-hybridized carbons (Fsp3) is 0.692. The van der Waals surface area contributed by atoms with Crippen LogP contribution in [0.4, 0.5) is 0 Å². The van der Waals surface area contributed by atoms with Crippen molar-refractivity contribution in [3.05, 3.63) is 21.3 Å². The molecule has 0 aliphatic heterocycles. The molecule has 1 aliphatic rings. The molecule has 0 aromatic carbocycles. The number of hydrogen-bond donors (Lipinski definition) is 1. The summed E-state index contributed by atoms with van der Waals surface area (Å²) in [5.41, 5.74) is 0. The summed E-state index contributed by atoms with van der Waals surface area (Å²) in [6.07, 6.45) is 5.47. The zero-order chi connectivity index (χ0) is 11.5. The average Bonchev–Trinajstić information content (AvgIpc) is 2.89. The van der Waals surface area contributed by atoms with Gasteiger partial charge in [0.1, 0.15) is 0 Å². The van der Waals surface area contributed by atoms with Crippen LogP contribution in [-0.2, 0) is 0 Å². The van der Waals surface area contributed by atoms with E-state index in [0.29, 0.717) is 6.04 Å². The summed E-state index contributed by atoms with van der Waals surface area (Å²) < 4.78 is 0.903. The topological polar surface area (TPSA) is 12.0 Å². The van der Waals surface area contributed by atoms with Gasteiger partial charge in [-0.05, 0) is 43.9 Å². The van der Waals surface area contributed by atoms with Crippen LogP contribution in [0.1, 0.15) is 43.5 Å². The van der Waals surface area contributed by atoms with Gasteiger partial charge in [-0.1, -0.05) is 31.4 Å². The zero-order valence-corrected chi connectivity index (χ0v) is 11.6. The highest BCUT2D eigenvalue weighted by Gasteiger charge is 2.30. The van der Waals surface area contributed by atoms with E-state index < -0.39 is 0 Å². The van der Waals surface area contributed by atoms with Crippen LogP contribution in [-0.4, -0.2) is 7.05 Å². The van der Waals surface area contributed by atoms with Crippen molar-refractivity contribution in [1.29, 1.82) is 0 Å². The Hall–Kier alpha value is -0.0500. The standard InChI is InChI=1S/C13H20ClNS/c1-3-9-4-5-10(8-9)13(15-2)11-6-7-12(14)16-11/h6-7,9-10,13,15H,3-5,8H2,1-2H3. The molecule has 0 spiro atoms. The molecule has 0 saturated heterocycles. The van der Waals surface area contributed by atoms with Gasteiger partial charge in [0.15, 0.2) is 0 Å². The second-order valence-electron chi connectivity index (χ2n) is 4.76. The lowest BCUT2D eigenvalue weighted by molar-refractivity contribution is 0.377. The fourth-order valence-corrected chi connectivity index (χ4v) is 4.16. The molecule has 3 heteroatoms. The number of hydrogen-bond acceptors (Lipinski definition) is 2. The van der Waals surface area contributed by atoms with Crippen molar-refractivity contribution in [2.24, 2.45) is 11.8 Å². The normalized spacial score (nSPS) is 27.2. The van der Waals surface area contributed by atoms with Crippen LogP contribution >= 0.6 is 22.9 Å². The molecule has 3 unspecified atom stereocenters. The van der Waals surface area contributed by atoms with Crippen LogP contribution < -0.4 is 5.32 Å². The lowest BCUT2D eigenvalue weighted by Crippen LogP contribution is -2.22. The van der Waals surface area contributed by atoms with Gasteiger partial charge in [-0.25, -0.2) is 0 Å². The third-order valence-electron chi connectivity index (χ3n) is 3.84. The lowest BCUT2D eigenvalue weighted by Gasteiger charge is -2.22. The average molecular weight is 258 g/mol. The maximum Gasteiger partial charge on any atom is 0.0931 e. The van der Waals surface area contributed by atoms with Gasteiger partial charge in [-0.2, -0.15) is 0 Å². The molecule has 0 radical (unpaired) electrons. The first-order chi connectivity index (χ1) is 7.74. The molecule has 1 nitrogen and oxygen atoms in total. The first-order valence-electron chi connectivity index (χ1n) is 6.17. The SMILES string of the molecule is CCC1CCC(C(NC)c2ccc(Cl)s2)C1. The molecule has 0 amide bonds. The largest absolute Gasteiger partial charge is 0.312 e. The molecule has 1 aromatic rings. The molecule has 0 bridgehead atoms. The monoisotopic (exact) mass is 257 g/mol. The van der Waals surface area contributed by atoms with Gasteiger partial charge in [0, 0.05) is 10.9 Å². The van der Waals surface area contributed by atoms with E-state index in [1.165, 1.54) is 30.6 Å². The highest BCUT2D eigenvalue weighted by atomic mass is 35.5. The van der Waals surface area contributed by atoms with E-state index in [2.05, 4.69) is 25.4 Å². The van der Waals surface area contributed by atoms with Crippen molar-refractivity contribution in [3.63, 3.8) is 0 Å². The maximum absolute atomic E-state index is 6.01. The summed E-state index contributed by atoms with van der Waals surface area (Å²) >= 11 is 7.73. The molecule has 1 saturated carbocycles. The molecular weight excluding hydrogens is 238 g/mol. The molecule has 90 valence electrons. The van der Waals surface area contributed by atoms with Gasteiger partial charge in [-0.3, -0.25) is 0 Å². The summed E-state index contributed by atoms with van der Waals surface area (Å²) in [7, 11) is 2.07. The summed E-state index contributed by atoms with van der Waals surface area (Å²) in [4.78, 5) is 1.40. The number of rotatable bonds is 4. The van der Waals surface area contributed by atoms with Crippen molar-refractivity contribution in [2.75, 3.05) is 7.05 Å². The van der Waals surface area contributed by atoms with E-state index in [1.54, 1.807) is 11.3 Å². The Morgan fingerprint density at radius 2 is 2.31 bits per heavy atom. The predicted octanol–water partition coefficient (Wildman–Crippen LogP) is 4.49. The Bertz CT molecular complexity index is 336. The van der Waals surface area contributed by atoms with Crippen LogP contribution in [0.15, 0.2) is 12.1 Å². The Balaban J connectivity index is 2.06. The molecule has 3 atom stereocenters. The number of nitrogens with one attached hydrogen (secondary N) is 1. The van der Waals surface area contributed by atoms with Crippen molar-refractivity contribution in [2.45, 2.75) is 38.6 Å². The van der Waals surface area contributed by atoms with E-state index in [-0.39, 0.29) is 0 Å². The number of halogens is 1. The second-order valence-corrected chi connectivity index (χ2v) is 6.50. The predicted molar refractivity (Wildman–Crippen MR) is 72.3 cm³/mol. The summed E-state index contributed by atoms with van der Waals surface area (Å²) in [6.45, 7) is 2.31. The van der Waals surface area contributed by atoms with E-state index in [0.717, 1.165) is 16.2 Å². The third-order valence-corrected chi connectivity index (χ3v) is 5.16. The first kappa shape index (κ1) is 12.4. The van der Waals surface area contributed by atoms with Gasteiger partial charge in [-0.15, -0.1) is 11.3 Å². The molecular formula is C13H20ClNS. The van der Waals surface area contributed by atoms with Crippen LogP contribution in [0.2, 0.25) is 4.34 Å². The van der Waals surface area contributed by atoms with Gasteiger partial charge >= 0.3 is 0 Å². The van der Waals surface area contributed by atoms with E-state index in [4.69, 9.17) is 11.6 Å². The Morgan fingerprint density at radius 3 is 2.81 bits per heavy atom. The lowest BCUT2D eigenvalue weighted by atomic mass is 9.95. The van der Waals surface area contributed by atoms with Crippen molar-refractivity contribution in [1.82, 2.24) is 5.32 Å². The third kappa shape index (κ3) is 2.61. The van der Waals surface area contributed by atoms with Gasteiger partial charge < -0.3 is 5.32 Å². The first-order valence-corrected chi connectivity index (χ1v) is 7.36. The molecule has 1 fully saturated rings. The smallest absolute Gasteiger partial charge is 0.0931 e. The molecule has 16 heavy (non-hydrogen) atoms. The molecule has 1 heterocycles. The van der Waals surface area contributed by atoms with Crippen LogP contribution in [0.5, 0.6) is 0 Å². The van der Waals surface area contributed by atoms with Gasteiger partial charge in [0.2, 0.25) is 0 Å². The van der Waals surface area contributed by atoms with E-state index in [9.17, 15) is 0 Å². The minimum atomic E-state index is 0.508. The minimum absolute atomic E-state index is 0.508. The van der Waals surface area contributed by atoms with Crippen LogP contribution in [0.25, 0.3) is 0 Å². The van der Waals surface area contributed by atoms with E-state index >= 15 is 0 Å². The summed E-state index contributed by atoms with van der Waals surface area (Å²) in [5.74, 6) is 1.74. The molecule has 1 aromatic heterocycles. The van der Waals surface area contributed by atoms with Gasteiger partial charge in [0.05, 0.1) is 4.34 Å². The van der Waals surface area contributed by atoms with Crippen molar-refractivity contribution >= 4 is 22.9 Å². The molecule has 2 rings (SSSR count). The van der Waals surface area contributed by atoms with Crippen molar-refractivity contribution in [3.8, 4) is 0 Å². The Labute approximate surface area is 107 Å². The van der Waals surface area contributed by atoms with Crippen molar-refractivity contribution < 1.29 is 0 Å². The fourth-order valence-electron chi connectivity index (χ4n) is 2.89. The number of thiophene rings is 1. The molecule has 1 aliphatic carbocycles. The minimum Gasteiger partial charge on any atom is -0.312 e. The zero-order valence-electron chi connectivity index (χ0n) is 10.0. The second kappa shape index (κ2) is 5.52. The quantitative estimate of drug-likeness (QED) is 0.838.